The molecule has 0 fully saturated rings. The number of ether oxygens (including phenoxy) is 1. The van der Waals surface area contributed by atoms with Crippen molar-refractivity contribution in [2.24, 2.45) is 5.73 Å². The van der Waals surface area contributed by atoms with E-state index >= 15 is 0 Å². The van der Waals surface area contributed by atoms with E-state index in [0.29, 0.717) is 29.7 Å². The summed E-state index contributed by atoms with van der Waals surface area (Å²) in [5, 5.41) is 9.28. The highest BCUT2D eigenvalue weighted by Gasteiger charge is 2.39. The van der Waals surface area contributed by atoms with Crippen molar-refractivity contribution >= 4 is 5.78 Å². The number of allylic oxidation sites excluding steroid dienone is 3. The molecule has 4 nitrogen and oxygen atoms in total. The van der Waals surface area contributed by atoms with Gasteiger partial charge in [-0.3, -0.25) is 4.79 Å². The number of benzene rings is 1. The van der Waals surface area contributed by atoms with Crippen LogP contribution in [0, 0.1) is 17.1 Å². The van der Waals surface area contributed by atoms with Crippen molar-refractivity contribution in [3.8, 4) is 6.07 Å². The molecule has 100 valence electrons. The number of rotatable bonds is 1. The molecule has 20 heavy (non-hydrogen) atoms. The number of nitriles is 1. The van der Waals surface area contributed by atoms with Crippen LogP contribution in [0.5, 0.6) is 0 Å². The molecule has 2 aliphatic rings. The van der Waals surface area contributed by atoms with Crippen molar-refractivity contribution in [1.82, 2.24) is 0 Å². The van der Waals surface area contributed by atoms with Crippen molar-refractivity contribution in [2.45, 2.75) is 18.8 Å². The van der Waals surface area contributed by atoms with E-state index in [1.807, 2.05) is 6.07 Å². The third-order valence-electron chi connectivity index (χ3n) is 3.58. The van der Waals surface area contributed by atoms with E-state index in [0.717, 1.165) is 0 Å². The van der Waals surface area contributed by atoms with Crippen molar-refractivity contribution in [2.75, 3.05) is 0 Å². The molecule has 3 rings (SSSR count). The molecule has 0 amide bonds. The quantitative estimate of drug-likeness (QED) is 0.849. The van der Waals surface area contributed by atoms with Gasteiger partial charge in [0.25, 0.3) is 0 Å². The lowest BCUT2D eigenvalue weighted by Crippen LogP contribution is -2.21. The molecule has 1 atom stereocenters. The molecule has 1 aliphatic heterocycles. The number of Topliss-reactive ketones (excluding diaryl/α,β-unsaturated/α-hetero) is 1. The minimum atomic E-state index is -0.556. The van der Waals surface area contributed by atoms with Gasteiger partial charge in [-0.15, -0.1) is 0 Å². The van der Waals surface area contributed by atoms with Crippen LogP contribution in [0.1, 0.15) is 24.3 Å². The standard InChI is InChI=1S/C15H11FN2O2/c16-9-3-1-8(2-4-9)13-10(7-17)15(18)20-12-6-5-11(19)14(12)13/h1-4,13H,5-6,18H2. The number of nitrogens with zero attached hydrogens (tertiary/aromatic N) is 1. The average Bonchev–Trinajstić information content (AvgIpc) is 2.79. The van der Waals surface area contributed by atoms with E-state index < -0.39 is 5.92 Å². The third kappa shape index (κ3) is 1.77. The van der Waals surface area contributed by atoms with Gasteiger partial charge in [0.2, 0.25) is 5.88 Å². The van der Waals surface area contributed by atoms with Crippen molar-refractivity contribution in [3.63, 3.8) is 0 Å². The molecule has 1 aromatic rings. The second kappa shape index (κ2) is 4.49. The Labute approximate surface area is 114 Å². The van der Waals surface area contributed by atoms with E-state index in [2.05, 4.69) is 0 Å². The second-order valence-corrected chi connectivity index (χ2v) is 4.74. The van der Waals surface area contributed by atoms with Crippen LogP contribution in [-0.4, -0.2) is 5.78 Å². The number of ketones is 1. The number of halogens is 1. The lowest BCUT2D eigenvalue weighted by molar-refractivity contribution is -0.115. The molecule has 0 saturated carbocycles. The lowest BCUT2D eigenvalue weighted by Gasteiger charge is -2.25. The van der Waals surface area contributed by atoms with Gasteiger partial charge in [0, 0.05) is 18.4 Å². The molecule has 0 radical (unpaired) electrons. The Morgan fingerprint density at radius 2 is 2.00 bits per heavy atom. The van der Waals surface area contributed by atoms with E-state index in [9.17, 15) is 14.4 Å². The van der Waals surface area contributed by atoms with Crippen LogP contribution in [0.2, 0.25) is 0 Å². The summed E-state index contributed by atoms with van der Waals surface area (Å²) in [4.78, 5) is 12.0. The van der Waals surface area contributed by atoms with Crippen LogP contribution in [0.4, 0.5) is 4.39 Å². The average molecular weight is 270 g/mol. The van der Waals surface area contributed by atoms with Crippen LogP contribution >= 0.6 is 0 Å². The molecule has 2 N–H and O–H groups in total. The number of hydrogen-bond donors (Lipinski definition) is 1. The maximum Gasteiger partial charge on any atom is 0.205 e. The monoisotopic (exact) mass is 270 g/mol. The largest absolute Gasteiger partial charge is 0.444 e. The van der Waals surface area contributed by atoms with Crippen LogP contribution in [0.15, 0.2) is 47.1 Å². The van der Waals surface area contributed by atoms with Crippen LogP contribution in [0.25, 0.3) is 0 Å². The van der Waals surface area contributed by atoms with Gasteiger partial charge in [-0.25, -0.2) is 4.39 Å². The van der Waals surface area contributed by atoms with Gasteiger partial charge in [-0.2, -0.15) is 5.26 Å². The van der Waals surface area contributed by atoms with Crippen LogP contribution in [0.3, 0.4) is 0 Å². The number of carbonyl (C=O) groups is 1. The van der Waals surface area contributed by atoms with Gasteiger partial charge in [-0.1, -0.05) is 12.1 Å². The van der Waals surface area contributed by atoms with Crippen LogP contribution in [-0.2, 0) is 9.53 Å². The molecule has 1 unspecified atom stereocenters. The maximum atomic E-state index is 13.0. The predicted octanol–water partition coefficient (Wildman–Crippen LogP) is 2.25. The molecular formula is C15H11FN2O2. The zero-order chi connectivity index (χ0) is 14.3. The number of nitrogens with two attached hydrogens (primary N) is 1. The van der Waals surface area contributed by atoms with E-state index in [-0.39, 0.29) is 23.1 Å². The first-order valence-corrected chi connectivity index (χ1v) is 6.21. The SMILES string of the molecule is N#CC1=C(N)OC2=C(C(=O)CC2)C1c1ccc(F)cc1. The molecular weight excluding hydrogens is 259 g/mol. The zero-order valence-electron chi connectivity index (χ0n) is 10.5. The third-order valence-corrected chi connectivity index (χ3v) is 3.58. The van der Waals surface area contributed by atoms with Crippen LogP contribution < -0.4 is 5.73 Å². The van der Waals surface area contributed by atoms with Crippen molar-refractivity contribution in [1.29, 1.82) is 5.26 Å². The first kappa shape index (κ1) is 12.4. The Kier molecular flexibility index (Phi) is 2.79. The molecule has 0 aromatic heterocycles. The number of hydrogen-bond acceptors (Lipinski definition) is 4. The molecule has 1 aliphatic carbocycles. The highest BCUT2D eigenvalue weighted by Crippen LogP contribution is 2.44. The first-order valence-electron chi connectivity index (χ1n) is 6.21. The summed E-state index contributed by atoms with van der Waals surface area (Å²) >= 11 is 0. The summed E-state index contributed by atoms with van der Waals surface area (Å²) in [5.41, 5.74) is 7.10. The zero-order valence-corrected chi connectivity index (χ0v) is 10.5. The molecule has 1 aromatic carbocycles. The summed E-state index contributed by atoms with van der Waals surface area (Å²) < 4.78 is 18.4. The Bertz CT molecular complexity index is 696. The summed E-state index contributed by atoms with van der Waals surface area (Å²) in [6.07, 6.45) is 0.847. The fraction of sp³-hybridized carbons (Fsp3) is 0.200. The highest BCUT2D eigenvalue weighted by molar-refractivity contribution is 6.01. The van der Waals surface area contributed by atoms with Crippen molar-refractivity contribution < 1.29 is 13.9 Å². The van der Waals surface area contributed by atoms with E-state index in [1.54, 1.807) is 12.1 Å². The minimum Gasteiger partial charge on any atom is -0.444 e. The highest BCUT2D eigenvalue weighted by atomic mass is 19.1. The number of carbonyl (C=O) groups excluding carboxylic acids is 1. The van der Waals surface area contributed by atoms with E-state index in [4.69, 9.17) is 10.5 Å². The summed E-state index contributed by atoms with van der Waals surface area (Å²) in [5.74, 6) is -0.423. The van der Waals surface area contributed by atoms with Gasteiger partial charge < -0.3 is 10.5 Å². The molecule has 1 heterocycles. The minimum absolute atomic E-state index is 0.0234. The summed E-state index contributed by atoms with van der Waals surface area (Å²) in [6, 6.07) is 7.73. The van der Waals surface area contributed by atoms with Gasteiger partial charge in [0.1, 0.15) is 23.2 Å². The normalized spacial score (nSPS) is 21.6. The maximum absolute atomic E-state index is 13.0. The van der Waals surface area contributed by atoms with Gasteiger partial charge in [-0.05, 0) is 17.7 Å². The fourth-order valence-corrected chi connectivity index (χ4v) is 2.66. The Hall–Kier alpha value is -2.61. The predicted molar refractivity (Wildman–Crippen MR) is 68.3 cm³/mol. The second-order valence-electron chi connectivity index (χ2n) is 4.74. The van der Waals surface area contributed by atoms with Gasteiger partial charge >= 0.3 is 0 Å². The smallest absolute Gasteiger partial charge is 0.205 e. The Morgan fingerprint density at radius 1 is 1.30 bits per heavy atom. The van der Waals surface area contributed by atoms with Crippen molar-refractivity contribution in [3.05, 3.63) is 58.4 Å². The molecule has 0 bridgehead atoms. The molecule has 0 saturated heterocycles. The first-order chi connectivity index (χ1) is 9.61. The van der Waals surface area contributed by atoms with Gasteiger partial charge in [0.05, 0.1) is 5.92 Å². The molecule has 5 heteroatoms. The fourth-order valence-electron chi connectivity index (χ4n) is 2.66. The topological polar surface area (TPSA) is 76.1 Å². The Morgan fingerprint density at radius 3 is 2.65 bits per heavy atom. The Balaban J connectivity index is 2.16. The van der Waals surface area contributed by atoms with Gasteiger partial charge in [0.15, 0.2) is 5.78 Å². The van der Waals surface area contributed by atoms with E-state index in [1.165, 1.54) is 12.1 Å². The lowest BCUT2D eigenvalue weighted by atomic mass is 9.83. The summed E-state index contributed by atoms with van der Waals surface area (Å²) in [6.45, 7) is 0. The molecule has 0 spiro atoms. The summed E-state index contributed by atoms with van der Waals surface area (Å²) in [7, 11) is 0.